The van der Waals surface area contributed by atoms with Crippen LogP contribution in [-0.4, -0.2) is 38.9 Å². The number of aromatic nitrogens is 1. The molecule has 4 rings (SSSR count). The zero-order chi connectivity index (χ0) is 18.3. The van der Waals surface area contributed by atoms with E-state index in [1.165, 1.54) is 7.11 Å². The summed E-state index contributed by atoms with van der Waals surface area (Å²) in [5, 5.41) is 12.9. The topological polar surface area (TPSA) is 80.9 Å². The summed E-state index contributed by atoms with van der Waals surface area (Å²) in [4.78, 5) is 22.6. The Hall–Kier alpha value is -2.61. The van der Waals surface area contributed by atoms with Gasteiger partial charge < -0.3 is 9.64 Å². The van der Waals surface area contributed by atoms with E-state index in [2.05, 4.69) is 16.8 Å². The molecular weight excluding hydrogens is 352 g/mol. The van der Waals surface area contributed by atoms with Crippen molar-refractivity contribution in [3.63, 3.8) is 0 Å². The van der Waals surface area contributed by atoms with Crippen molar-refractivity contribution >= 4 is 22.6 Å². The lowest BCUT2D eigenvalue weighted by Crippen LogP contribution is -2.28. The maximum absolute atomic E-state index is 11.4. The lowest BCUT2D eigenvalue weighted by atomic mass is 9.96. The molecule has 7 nitrogen and oxygen atoms in total. The molecule has 0 N–H and O–H groups in total. The maximum atomic E-state index is 11.4. The molecule has 0 unspecified atom stereocenters. The number of rotatable bonds is 4. The quantitative estimate of drug-likeness (QED) is 0.604. The number of hydrogen-bond donors (Lipinski definition) is 0. The van der Waals surface area contributed by atoms with Gasteiger partial charge in [0.2, 0.25) is 0 Å². The molecular formula is C18H18N4O3S. The largest absolute Gasteiger partial charge is 0.490 e. The number of pyridine rings is 1. The predicted octanol–water partition coefficient (Wildman–Crippen LogP) is 3.59. The molecule has 2 aliphatic heterocycles. The van der Waals surface area contributed by atoms with Crippen molar-refractivity contribution in [3.8, 4) is 5.75 Å². The molecule has 0 aliphatic carbocycles. The summed E-state index contributed by atoms with van der Waals surface area (Å²) >= 11 is 1.74. The van der Waals surface area contributed by atoms with Crippen molar-refractivity contribution in [1.29, 1.82) is 0 Å². The van der Waals surface area contributed by atoms with Crippen LogP contribution in [0.2, 0.25) is 0 Å². The molecule has 0 bridgehead atoms. The Bertz CT molecular complexity index is 874. The van der Waals surface area contributed by atoms with Gasteiger partial charge in [-0.05, 0) is 23.8 Å². The van der Waals surface area contributed by atoms with Crippen LogP contribution in [0.1, 0.15) is 30.3 Å². The van der Waals surface area contributed by atoms with E-state index < -0.39 is 4.92 Å². The first-order valence-electron chi connectivity index (χ1n) is 8.33. The molecule has 8 heteroatoms. The molecule has 3 heterocycles. The number of amidine groups is 1. The Morgan fingerprint density at radius 3 is 2.88 bits per heavy atom. The van der Waals surface area contributed by atoms with Gasteiger partial charge >= 0.3 is 5.69 Å². The number of ether oxygens (including phenoxy) is 1. The van der Waals surface area contributed by atoms with Crippen LogP contribution in [0.15, 0.2) is 47.6 Å². The highest BCUT2D eigenvalue weighted by Crippen LogP contribution is 2.48. The minimum absolute atomic E-state index is 0.0295. The first-order chi connectivity index (χ1) is 12.6. The van der Waals surface area contributed by atoms with Gasteiger partial charge in [-0.25, -0.2) is 0 Å². The van der Waals surface area contributed by atoms with Crippen molar-refractivity contribution < 1.29 is 9.66 Å². The Balaban J connectivity index is 1.80. The average Bonchev–Trinajstić information content (AvgIpc) is 3.17. The molecule has 1 saturated heterocycles. The van der Waals surface area contributed by atoms with Crippen molar-refractivity contribution in [1.82, 2.24) is 9.88 Å². The molecule has 1 aromatic heterocycles. The molecule has 1 fully saturated rings. The van der Waals surface area contributed by atoms with Gasteiger partial charge in [0.1, 0.15) is 6.04 Å². The SMILES string of the molecule is COc1ccc([C@H]2[C@@H](c3ccccn3)N=C3S[C@@H](C)CN32)cc1[N+](=O)[O-]. The van der Waals surface area contributed by atoms with Gasteiger partial charge in [-0.15, -0.1) is 0 Å². The van der Waals surface area contributed by atoms with E-state index in [0.717, 1.165) is 23.0 Å². The van der Waals surface area contributed by atoms with Gasteiger partial charge in [0.05, 0.1) is 23.8 Å². The number of nitro benzene ring substituents is 1. The van der Waals surface area contributed by atoms with Gasteiger partial charge in [0.25, 0.3) is 0 Å². The van der Waals surface area contributed by atoms with Crippen molar-refractivity contribution in [2.75, 3.05) is 13.7 Å². The molecule has 26 heavy (non-hydrogen) atoms. The van der Waals surface area contributed by atoms with Crippen LogP contribution >= 0.6 is 11.8 Å². The van der Waals surface area contributed by atoms with Crippen LogP contribution in [0.5, 0.6) is 5.75 Å². The Labute approximate surface area is 155 Å². The number of aliphatic imine (C=N–C) groups is 1. The third-order valence-corrected chi connectivity index (χ3v) is 5.72. The van der Waals surface area contributed by atoms with E-state index in [9.17, 15) is 10.1 Å². The molecule has 0 saturated carbocycles. The van der Waals surface area contributed by atoms with E-state index in [0.29, 0.717) is 5.25 Å². The zero-order valence-electron chi connectivity index (χ0n) is 14.4. The Kier molecular flexibility index (Phi) is 4.28. The number of thioether (sulfide) groups is 1. The highest BCUT2D eigenvalue weighted by Gasteiger charge is 2.44. The minimum atomic E-state index is -0.407. The van der Waals surface area contributed by atoms with Gasteiger partial charge in [-0.2, -0.15) is 0 Å². The summed E-state index contributed by atoms with van der Waals surface area (Å²) < 4.78 is 5.14. The van der Waals surface area contributed by atoms with Gasteiger partial charge in [-0.3, -0.25) is 20.1 Å². The lowest BCUT2D eigenvalue weighted by molar-refractivity contribution is -0.385. The van der Waals surface area contributed by atoms with Crippen LogP contribution in [-0.2, 0) is 0 Å². The first kappa shape index (κ1) is 16.8. The molecule has 0 spiro atoms. The third-order valence-electron chi connectivity index (χ3n) is 4.62. The third kappa shape index (κ3) is 2.80. The Morgan fingerprint density at radius 2 is 2.19 bits per heavy atom. The zero-order valence-corrected chi connectivity index (χ0v) is 15.2. The van der Waals surface area contributed by atoms with Crippen LogP contribution in [0.4, 0.5) is 5.69 Å². The second-order valence-electron chi connectivity index (χ2n) is 6.33. The maximum Gasteiger partial charge on any atom is 0.311 e. The van der Waals surface area contributed by atoms with E-state index in [1.807, 2.05) is 24.3 Å². The lowest BCUT2D eigenvalue weighted by Gasteiger charge is -2.27. The number of fused-ring (bicyclic) bond motifs is 1. The molecule has 2 aliphatic rings. The fourth-order valence-corrected chi connectivity index (χ4v) is 4.60. The number of benzene rings is 1. The number of hydrogen-bond acceptors (Lipinski definition) is 7. The van der Waals surface area contributed by atoms with Crippen LogP contribution in [0.3, 0.4) is 0 Å². The van der Waals surface area contributed by atoms with Gasteiger partial charge in [0.15, 0.2) is 10.9 Å². The van der Waals surface area contributed by atoms with E-state index in [1.54, 1.807) is 30.1 Å². The fourth-order valence-electron chi connectivity index (χ4n) is 3.51. The number of nitro groups is 1. The summed E-state index contributed by atoms with van der Waals surface area (Å²) in [6.07, 6.45) is 1.75. The van der Waals surface area contributed by atoms with Crippen LogP contribution < -0.4 is 4.74 Å². The van der Waals surface area contributed by atoms with Crippen LogP contribution in [0.25, 0.3) is 0 Å². The predicted molar refractivity (Wildman–Crippen MR) is 101 cm³/mol. The summed E-state index contributed by atoms with van der Waals surface area (Å²) in [6.45, 7) is 3.02. The van der Waals surface area contributed by atoms with Gasteiger partial charge in [-0.1, -0.05) is 30.8 Å². The van der Waals surface area contributed by atoms with E-state index in [-0.39, 0.29) is 23.5 Å². The van der Waals surface area contributed by atoms with Crippen molar-refractivity contribution in [2.45, 2.75) is 24.3 Å². The molecule has 3 atom stereocenters. The normalized spacial score (nSPS) is 24.3. The van der Waals surface area contributed by atoms with Gasteiger partial charge in [0, 0.05) is 24.1 Å². The number of nitrogens with zero attached hydrogens (tertiary/aromatic N) is 4. The van der Waals surface area contributed by atoms with E-state index in [4.69, 9.17) is 9.73 Å². The standard InChI is InChI=1S/C18H18N4O3S/c1-11-10-21-17(12-6-7-15(25-2)14(9-12)22(23)24)16(20-18(21)26-11)13-5-3-4-8-19-13/h3-9,11,16-17H,10H2,1-2H3/t11-,16+,17-/m0/s1. The minimum Gasteiger partial charge on any atom is -0.490 e. The van der Waals surface area contributed by atoms with Crippen molar-refractivity contribution in [2.24, 2.45) is 4.99 Å². The molecule has 0 amide bonds. The molecule has 134 valence electrons. The second kappa shape index (κ2) is 6.60. The molecule has 2 aromatic rings. The summed E-state index contributed by atoms with van der Waals surface area (Å²) in [5.41, 5.74) is 1.69. The van der Waals surface area contributed by atoms with Crippen LogP contribution in [0, 0.1) is 10.1 Å². The monoisotopic (exact) mass is 370 g/mol. The number of methoxy groups -OCH3 is 1. The second-order valence-corrected chi connectivity index (χ2v) is 7.73. The molecule has 1 aromatic carbocycles. The first-order valence-corrected chi connectivity index (χ1v) is 9.21. The summed E-state index contributed by atoms with van der Waals surface area (Å²) in [6, 6.07) is 10.6. The summed E-state index contributed by atoms with van der Waals surface area (Å²) in [5.74, 6) is 0.261. The smallest absolute Gasteiger partial charge is 0.311 e. The molecule has 0 radical (unpaired) electrons. The highest BCUT2D eigenvalue weighted by molar-refractivity contribution is 8.14. The fraction of sp³-hybridized carbons (Fsp3) is 0.333. The van der Waals surface area contributed by atoms with Crippen molar-refractivity contribution in [3.05, 3.63) is 64.0 Å². The van der Waals surface area contributed by atoms with E-state index >= 15 is 0 Å². The highest BCUT2D eigenvalue weighted by atomic mass is 32.2. The summed E-state index contributed by atoms with van der Waals surface area (Å²) in [7, 11) is 1.44. The average molecular weight is 370 g/mol. The Morgan fingerprint density at radius 1 is 1.35 bits per heavy atom.